The molecule has 1 fully saturated rings. The summed E-state index contributed by atoms with van der Waals surface area (Å²) in [6.45, 7) is 6.25. The Bertz CT molecular complexity index is 1100. The van der Waals surface area contributed by atoms with Gasteiger partial charge in [0.05, 0.1) is 0 Å². The number of hydrogen-bond acceptors (Lipinski definition) is 3. The van der Waals surface area contributed by atoms with E-state index in [1.807, 2.05) is 85.5 Å². The van der Waals surface area contributed by atoms with Crippen LogP contribution in [0.4, 0.5) is 5.69 Å². The van der Waals surface area contributed by atoms with Crippen molar-refractivity contribution in [1.82, 2.24) is 10.2 Å². The third-order valence-electron chi connectivity index (χ3n) is 6.24. The van der Waals surface area contributed by atoms with Gasteiger partial charge in [-0.05, 0) is 79.6 Å². The molecular formula is C29H33N3O2. The van der Waals surface area contributed by atoms with Crippen molar-refractivity contribution < 1.29 is 9.59 Å². The number of nitrogens with zero attached hydrogens (tertiary/aromatic N) is 1. The van der Waals surface area contributed by atoms with Gasteiger partial charge in [0.1, 0.15) is 6.04 Å². The van der Waals surface area contributed by atoms with E-state index in [0.717, 1.165) is 59.4 Å². The van der Waals surface area contributed by atoms with Crippen molar-refractivity contribution in [1.29, 1.82) is 0 Å². The second-order valence-corrected chi connectivity index (χ2v) is 9.14. The molecule has 5 heteroatoms. The van der Waals surface area contributed by atoms with E-state index in [-0.39, 0.29) is 11.8 Å². The van der Waals surface area contributed by atoms with Crippen molar-refractivity contribution in [3.05, 3.63) is 101 Å². The van der Waals surface area contributed by atoms with Crippen molar-refractivity contribution >= 4 is 17.5 Å². The Labute approximate surface area is 202 Å². The first-order chi connectivity index (χ1) is 16.5. The number of nitrogens with one attached hydrogen (secondary N) is 2. The molecule has 1 heterocycles. The number of anilines is 1. The molecule has 0 radical (unpaired) electrons. The lowest BCUT2D eigenvalue weighted by atomic mass is 10.0. The topological polar surface area (TPSA) is 61.4 Å². The summed E-state index contributed by atoms with van der Waals surface area (Å²) in [6, 6.07) is 23.0. The average Bonchev–Trinajstić information content (AvgIpc) is 2.85. The van der Waals surface area contributed by atoms with Gasteiger partial charge in [-0.2, -0.15) is 0 Å². The van der Waals surface area contributed by atoms with Gasteiger partial charge in [0.2, 0.25) is 5.91 Å². The Balaban J connectivity index is 1.44. The molecule has 0 aliphatic carbocycles. The van der Waals surface area contributed by atoms with Crippen LogP contribution in [0.25, 0.3) is 0 Å². The fourth-order valence-electron chi connectivity index (χ4n) is 4.53. The maximum atomic E-state index is 13.3. The Morgan fingerprint density at radius 3 is 2.15 bits per heavy atom. The summed E-state index contributed by atoms with van der Waals surface area (Å²) in [4.78, 5) is 27.9. The summed E-state index contributed by atoms with van der Waals surface area (Å²) in [5, 5.41) is 6.47. The molecule has 1 atom stereocenters. The number of amides is 2. The van der Waals surface area contributed by atoms with Gasteiger partial charge in [0.15, 0.2) is 0 Å². The monoisotopic (exact) mass is 455 g/mol. The Morgan fingerprint density at radius 2 is 1.50 bits per heavy atom. The van der Waals surface area contributed by atoms with Crippen LogP contribution < -0.4 is 10.6 Å². The van der Waals surface area contributed by atoms with Gasteiger partial charge in [-0.15, -0.1) is 0 Å². The Hall–Kier alpha value is -3.44. The molecule has 0 bridgehead atoms. The van der Waals surface area contributed by atoms with Gasteiger partial charge < -0.3 is 10.2 Å². The largest absolute Gasteiger partial charge is 0.339 e. The summed E-state index contributed by atoms with van der Waals surface area (Å²) in [5.74, 6) is 0.00212. The number of aryl methyl sites for hydroxylation is 2. The molecule has 176 valence electrons. The second kappa shape index (κ2) is 11.1. The highest BCUT2D eigenvalue weighted by molar-refractivity contribution is 5.96. The Kier molecular flexibility index (Phi) is 7.76. The standard InChI is InChI=1S/C29H33N3O2/c1-21-17-22(2)19-26(18-21)31-28(33)27(24-9-5-3-6-10-24)30-20-23-11-13-25(14-12-23)29(34)32-15-7-4-8-16-32/h3,5-6,9-14,17-19,27,30H,4,7-8,15-16,20H2,1-2H3,(H,31,33). The molecule has 0 saturated carbocycles. The molecule has 1 unspecified atom stereocenters. The molecule has 3 aromatic carbocycles. The smallest absolute Gasteiger partial charge is 0.253 e. The predicted molar refractivity (Wildman–Crippen MR) is 137 cm³/mol. The van der Waals surface area contributed by atoms with Crippen LogP contribution in [-0.2, 0) is 11.3 Å². The summed E-state index contributed by atoms with van der Waals surface area (Å²) in [6.07, 6.45) is 3.37. The van der Waals surface area contributed by atoms with Gasteiger partial charge >= 0.3 is 0 Å². The zero-order valence-electron chi connectivity index (χ0n) is 20.0. The maximum absolute atomic E-state index is 13.3. The fraction of sp³-hybridized carbons (Fsp3) is 0.310. The predicted octanol–water partition coefficient (Wildman–Crippen LogP) is 5.40. The van der Waals surface area contributed by atoms with Crippen LogP contribution in [0, 0.1) is 13.8 Å². The zero-order valence-corrected chi connectivity index (χ0v) is 20.0. The molecule has 0 spiro atoms. The van der Waals surface area contributed by atoms with Gasteiger partial charge in [-0.1, -0.05) is 48.5 Å². The molecule has 5 nitrogen and oxygen atoms in total. The van der Waals surface area contributed by atoms with Crippen LogP contribution in [-0.4, -0.2) is 29.8 Å². The van der Waals surface area contributed by atoms with E-state index in [2.05, 4.69) is 16.7 Å². The normalized spacial score (nSPS) is 14.5. The van der Waals surface area contributed by atoms with Gasteiger partial charge in [0, 0.05) is 30.9 Å². The number of carbonyl (C=O) groups excluding carboxylic acids is 2. The maximum Gasteiger partial charge on any atom is 0.253 e. The highest BCUT2D eigenvalue weighted by Crippen LogP contribution is 2.20. The van der Waals surface area contributed by atoms with Crippen LogP contribution in [0.15, 0.2) is 72.8 Å². The second-order valence-electron chi connectivity index (χ2n) is 9.14. The summed E-state index contributed by atoms with van der Waals surface area (Å²) in [5.41, 5.74) is 5.66. The third kappa shape index (κ3) is 6.12. The van der Waals surface area contributed by atoms with Crippen LogP contribution >= 0.6 is 0 Å². The lowest BCUT2D eigenvalue weighted by molar-refractivity contribution is -0.118. The van der Waals surface area contributed by atoms with Crippen molar-refractivity contribution in [3.8, 4) is 0 Å². The lowest BCUT2D eigenvalue weighted by Crippen LogP contribution is -2.35. The number of hydrogen-bond donors (Lipinski definition) is 2. The molecule has 1 saturated heterocycles. The van der Waals surface area contributed by atoms with E-state index >= 15 is 0 Å². The minimum absolute atomic E-state index is 0.104. The third-order valence-corrected chi connectivity index (χ3v) is 6.24. The van der Waals surface area contributed by atoms with Crippen molar-refractivity contribution in [3.63, 3.8) is 0 Å². The van der Waals surface area contributed by atoms with Gasteiger partial charge in [0.25, 0.3) is 5.91 Å². The minimum Gasteiger partial charge on any atom is -0.339 e. The van der Waals surface area contributed by atoms with E-state index < -0.39 is 6.04 Å². The quantitative estimate of drug-likeness (QED) is 0.502. The highest BCUT2D eigenvalue weighted by atomic mass is 16.2. The van der Waals surface area contributed by atoms with E-state index in [4.69, 9.17) is 0 Å². The molecule has 2 amide bonds. The Morgan fingerprint density at radius 1 is 0.853 bits per heavy atom. The van der Waals surface area contributed by atoms with Gasteiger partial charge in [-0.25, -0.2) is 0 Å². The molecule has 34 heavy (non-hydrogen) atoms. The van der Waals surface area contributed by atoms with E-state index in [0.29, 0.717) is 6.54 Å². The van der Waals surface area contributed by atoms with Crippen LogP contribution in [0.1, 0.15) is 57.9 Å². The number of rotatable bonds is 7. The summed E-state index contributed by atoms with van der Waals surface area (Å²) < 4.78 is 0. The summed E-state index contributed by atoms with van der Waals surface area (Å²) >= 11 is 0. The highest BCUT2D eigenvalue weighted by Gasteiger charge is 2.21. The molecule has 4 rings (SSSR count). The van der Waals surface area contributed by atoms with Crippen LogP contribution in [0.2, 0.25) is 0 Å². The molecule has 0 aromatic heterocycles. The van der Waals surface area contributed by atoms with Gasteiger partial charge in [-0.3, -0.25) is 14.9 Å². The molecule has 2 N–H and O–H groups in total. The van der Waals surface area contributed by atoms with Crippen molar-refractivity contribution in [2.24, 2.45) is 0 Å². The number of benzene rings is 3. The first-order valence-corrected chi connectivity index (χ1v) is 12.1. The fourth-order valence-corrected chi connectivity index (χ4v) is 4.53. The number of carbonyl (C=O) groups is 2. The number of likely N-dealkylation sites (tertiary alicyclic amines) is 1. The van der Waals surface area contributed by atoms with E-state index in [9.17, 15) is 9.59 Å². The van der Waals surface area contributed by atoms with E-state index in [1.165, 1.54) is 6.42 Å². The number of piperidine rings is 1. The first-order valence-electron chi connectivity index (χ1n) is 12.1. The van der Waals surface area contributed by atoms with Crippen LogP contribution in [0.5, 0.6) is 0 Å². The summed E-state index contributed by atoms with van der Waals surface area (Å²) in [7, 11) is 0. The molecule has 3 aromatic rings. The van der Waals surface area contributed by atoms with Crippen LogP contribution in [0.3, 0.4) is 0 Å². The molecular weight excluding hydrogens is 422 g/mol. The first kappa shape index (κ1) is 23.7. The van der Waals surface area contributed by atoms with E-state index in [1.54, 1.807) is 0 Å². The molecule has 1 aliphatic heterocycles. The SMILES string of the molecule is Cc1cc(C)cc(NC(=O)C(NCc2ccc(C(=O)N3CCCCC3)cc2)c2ccccc2)c1. The zero-order chi connectivity index (χ0) is 23.9. The van der Waals surface area contributed by atoms with Crippen molar-refractivity contribution in [2.75, 3.05) is 18.4 Å². The lowest BCUT2D eigenvalue weighted by Gasteiger charge is -2.26. The van der Waals surface area contributed by atoms with Crippen molar-refractivity contribution in [2.45, 2.75) is 45.7 Å². The minimum atomic E-state index is -0.503. The average molecular weight is 456 g/mol. The molecule has 1 aliphatic rings.